The van der Waals surface area contributed by atoms with Crippen LogP contribution in [0.15, 0.2) is 22.7 Å². The molecule has 3 heterocycles. The summed E-state index contributed by atoms with van der Waals surface area (Å²) in [4.78, 5) is 10.8. The number of rotatable bonds is 1. The zero-order chi connectivity index (χ0) is 10.1. The molecule has 0 spiro atoms. The van der Waals surface area contributed by atoms with E-state index in [0.29, 0.717) is 5.71 Å². The third-order valence-corrected chi connectivity index (χ3v) is 2.78. The van der Waals surface area contributed by atoms with E-state index < -0.39 is 0 Å². The molecule has 0 N–H and O–H groups in total. The second-order valence-electron chi connectivity index (χ2n) is 3.87. The number of pyridine rings is 1. The first-order chi connectivity index (χ1) is 7.43. The first kappa shape index (κ1) is 8.71. The van der Waals surface area contributed by atoms with Crippen molar-refractivity contribution in [1.29, 1.82) is 0 Å². The minimum absolute atomic E-state index is 0.637. The van der Waals surface area contributed by atoms with Gasteiger partial charge >= 0.3 is 0 Å². The topological polar surface area (TPSA) is 42.2 Å². The van der Waals surface area contributed by atoms with Crippen molar-refractivity contribution in [3.8, 4) is 0 Å². The van der Waals surface area contributed by atoms with Gasteiger partial charge in [0.15, 0.2) is 0 Å². The average Bonchev–Trinajstić information content (AvgIpc) is 2.74. The predicted octanol–water partition coefficient (Wildman–Crippen LogP) is 2.21. The number of nitrogens with zero attached hydrogens (tertiary/aromatic N) is 3. The molecule has 2 aromatic rings. The largest absolute Gasteiger partial charge is 0.404 e. The molecule has 1 aliphatic heterocycles. The van der Waals surface area contributed by atoms with Gasteiger partial charge in [0.1, 0.15) is 5.52 Å². The van der Waals surface area contributed by atoms with Gasteiger partial charge in [-0.05, 0) is 31.4 Å². The van der Waals surface area contributed by atoms with Crippen molar-refractivity contribution in [1.82, 2.24) is 9.97 Å². The molecule has 0 aromatic carbocycles. The second-order valence-corrected chi connectivity index (χ2v) is 3.87. The lowest BCUT2D eigenvalue weighted by Crippen LogP contribution is -2.29. The summed E-state index contributed by atoms with van der Waals surface area (Å²) in [5.74, 6) is 0. The van der Waals surface area contributed by atoms with Crippen LogP contribution in [0.4, 0.5) is 6.01 Å². The summed E-state index contributed by atoms with van der Waals surface area (Å²) >= 11 is 0. The fraction of sp³-hybridized carbons (Fsp3) is 0.455. The van der Waals surface area contributed by atoms with Gasteiger partial charge in [-0.3, -0.25) is 0 Å². The van der Waals surface area contributed by atoms with E-state index in [2.05, 4.69) is 14.9 Å². The lowest BCUT2D eigenvalue weighted by Gasteiger charge is -2.24. The van der Waals surface area contributed by atoms with E-state index >= 15 is 0 Å². The van der Waals surface area contributed by atoms with Crippen LogP contribution in [-0.4, -0.2) is 23.1 Å². The summed E-state index contributed by atoms with van der Waals surface area (Å²) in [7, 11) is 0. The van der Waals surface area contributed by atoms with E-state index in [9.17, 15) is 0 Å². The first-order valence-electron chi connectivity index (χ1n) is 5.40. The highest BCUT2D eigenvalue weighted by Gasteiger charge is 2.16. The number of anilines is 1. The Bertz CT molecular complexity index is 427. The molecule has 0 amide bonds. The number of aromatic nitrogens is 2. The fourth-order valence-electron chi connectivity index (χ4n) is 1.98. The van der Waals surface area contributed by atoms with Gasteiger partial charge < -0.3 is 9.32 Å². The third kappa shape index (κ3) is 1.56. The highest BCUT2D eigenvalue weighted by molar-refractivity contribution is 5.69. The zero-order valence-corrected chi connectivity index (χ0v) is 8.52. The van der Waals surface area contributed by atoms with E-state index in [-0.39, 0.29) is 0 Å². The normalized spacial score (nSPS) is 17.2. The van der Waals surface area contributed by atoms with Crippen molar-refractivity contribution in [3.05, 3.63) is 18.3 Å². The Morgan fingerprint density at radius 1 is 1.20 bits per heavy atom. The van der Waals surface area contributed by atoms with E-state index in [1.165, 1.54) is 19.3 Å². The maximum Gasteiger partial charge on any atom is 0.299 e. The van der Waals surface area contributed by atoms with E-state index in [0.717, 1.165) is 24.6 Å². The van der Waals surface area contributed by atoms with Gasteiger partial charge in [-0.15, -0.1) is 0 Å². The van der Waals surface area contributed by atoms with Crippen LogP contribution < -0.4 is 4.90 Å². The Kier molecular flexibility index (Phi) is 2.05. The molecule has 1 fully saturated rings. The molecule has 0 saturated carbocycles. The Morgan fingerprint density at radius 2 is 2.07 bits per heavy atom. The van der Waals surface area contributed by atoms with Crippen molar-refractivity contribution in [2.45, 2.75) is 19.3 Å². The number of piperidine rings is 1. The molecule has 0 unspecified atom stereocenters. The third-order valence-electron chi connectivity index (χ3n) is 2.78. The lowest BCUT2D eigenvalue weighted by molar-refractivity contribution is 0.505. The SMILES string of the molecule is c1cnc2oc(N3CCCCC3)nc2c1. The average molecular weight is 203 g/mol. The number of hydrogen-bond acceptors (Lipinski definition) is 4. The predicted molar refractivity (Wildman–Crippen MR) is 57.9 cm³/mol. The first-order valence-corrected chi connectivity index (χ1v) is 5.40. The van der Waals surface area contributed by atoms with Crippen molar-refractivity contribution in [2.24, 2.45) is 0 Å². The Labute approximate surface area is 87.9 Å². The van der Waals surface area contributed by atoms with Crippen LogP contribution in [0.5, 0.6) is 0 Å². The van der Waals surface area contributed by atoms with Crippen LogP contribution in [0.2, 0.25) is 0 Å². The molecule has 1 saturated heterocycles. The zero-order valence-electron chi connectivity index (χ0n) is 8.52. The minimum Gasteiger partial charge on any atom is -0.404 e. The van der Waals surface area contributed by atoms with Crippen molar-refractivity contribution in [3.63, 3.8) is 0 Å². The van der Waals surface area contributed by atoms with E-state index in [1.807, 2.05) is 12.1 Å². The minimum atomic E-state index is 0.637. The van der Waals surface area contributed by atoms with E-state index in [4.69, 9.17) is 4.42 Å². The summed E-state index contributed by atoms with van der Waals surface area (Å²) in [5, 5.41) is 0. The summed E-state index contributed by atoms with van der Waals surface area (Å²) in [6.45, 7) is 2.10. The summed E-state index contributed by atoms with van der Waals surface area (Å²) in [6, 6.07) is 4.54. The number of hydrogen-bond donors (Lipinski definition) is 0. The molecule has 0 atom stereocenters. The van der Waals surface area contributed by atoms with Crippen LogP contribution >= 0.6 is 0 Å². The molecule has 2 aromatic heterocycles. The van der Waals surface area contributed by atoms with Crippen LogP contribution in [0.1, 0.15) is 19.3 Å². The van der Waals surface area contributed by atoms with Gasteiger partial charge in [0.2, 0.25) is 5.71 Å². The molecule has 4 nitrogen and oxygen atoms in total. The number of fused-ring (bicyclic) bond motifs is 1. The van der Waals surface area contributed by atoms with Crippen LogP contribution in [-0.2, 0) is 0 Å². The van der Waals surface area contributed by atoms with Crippen molar-refractivity contribution >= 4 is 17.2 Å². The van der Waals surface area contributed by atoms with Crippen molar-refractivity contribution in [2.75, 3.05) is 18.0 Å². The van der Waals surface area contributed by atoms with Gasteiger partial charge in [-0.1, -0.05) is 0 Å². The molecule has 0 radical (unpaired) electrons. The standard InChI is InChI=1S/C11H13N3O/c1-2-7-14(8-3-1)11-13-9-5-4-6-12-10(9)15-11/h4-6H,1-3,7-8H2. The van der Waals surface area contributed by atoms with Crippen molar-refractivity contribution < 1.29 is 4.42 Å². The van der Waals surface area contributed by atoms with Gasteiger partial charge in [-0.2, -0.15) is 4.98 Å². The maximum absolute atomic E-state index is 5.61. The molecule has 4 heteroatoms. The van der Waals surface area contributed by atoms with E-state index in [1.54, 1.807) is 6.20 Å². The van der Waals surface area contributed by atoms with Gasteiger partial charge in [-0.25, -0.2) is 4.98 Å². The number of oxazole rings is 1. The molecular formula is C11H13N3O. The van der Waals surface area contributed by atoms with Gasteiger partial charge in [0.05, 0.1) is 0 Å². The monoisotopic (exact) mass is 203 g/mol. The molecule has 78 valence electrons. The summed E-state index contributed by atoms with van der Waals surface area (Å²) in [5.41, 5.74) is 1.48. The van der Waals surface area contributed by atoms with Gasteiger partial charge in [0.25, 0.3) is 6.01 Å². The molecule has 3 rings (SSSR count). The van der Waals surface area contributed by atoms with Crippen LogP contribution in [0, 0.1) is 0 Å². The lowest BCUT2D eigenvalue weighted by atomic mass is 10.1. The Balaban J connectivity index is 1.96. The summed E-state index contributed by atoms with van der Waals surface area (Å²) in [6.07, 6.45) is 5.50. The summed E-state index contributed by atoms with van der Waals surface area (Å²) < 4.78 is 5.61. The van der Waals surface area contributed by atoms with Crippen LogP contribution in [0.25, 0.3) is 11.2 Å². The highest BCUT2D eigenvalue weighted by atomic mass is 16.4. The molecule has 0 aliphatic carbocycles. The van der Waals surface area contributed by atoms with Gasteiger partial charge in [0, 0.05) is 19.3 Å². The van der Waals surface area contributed by atoms with Crippen LogP contribution in [0.3, 0.4) is 0 Å². The Morgan fingerprint density at radius 3 is 2.87 bits per heavy atom. The fourth-order valence-corrected chi connectivity index (χ4v) is 1.98. The quantitative estimate of drug-likeness (QED) is 0.712. The molecule has 15 heavy (non-hydrogen) atoms. The molecule has 0 bridgehead atoms. The maximum atomic E-state index is 5.61. The Hall–Kier alpha value is -1.58. The highest BCUT2D eigenvalue weighted by Crippen LogP contribution is 2.22. The second kappa shape index (κ2) is 3.53. The molecular weight excluding hydrogens is 190 g/mol. The molecule has 1 aliphatic rings. The smallest absolute Gasteiger partial charge is 0.299 e.